The van der Waals surface area contributed by atoms with Crippen LogP contribution in [0, 0.1) is 11.8 Å². The summed E-state index contributed by atoms with van der Waals surface area (Å²) < 4.78 is 0. The molecule has 0 amide bonds. The summed E-state index contributed by atoms with van der Waals surface area (Å²) in [5.41, 5.74) is 7.38. The van der Waals surface area contributed by atoms with Crippen molar-refractivity contribution in [3.8, 4) is 22.5 Å². The second kappa shape index (κ2) is 8.68. The fourth-order valence-electron chi connectivity index (χ4n) is 4.66. The molecule has 144 valence electrons. The molecule has 2 heteroatoms. The maximum absolute atomic E-state index is 4.75. The molecule has 0 fully saturated rings. The monoisotopic (exact) mass is 370 g/mol. The quantitative estimate of drug-likeness (QED) is 0.508. The lowest BCUT2D eigenvalue weighted by Gasteiger charge is -2.25. The fraction of sp³-hybridized carbons (Fsp3) is 0.385. The molecule has 0 saturated carbocycles. The van der Waals surface area contributed by atoms with Crippen LogP contribution in [0.4, 0.5) is 0 Å². The molecule has 0 spiro atoms. The molecular weight excluding hydrogens is 340 g/mol. The van der Waals surface area contributed by atoms with Crippen LogP contribution in [0.1, 0.15) is 50.7 Å². The van der Waals surface area contributed by atoms with Crippen molar-refractivity contribution >= 4 is 0 Å². The predicted octanol–water partition coefficient (Wildman–Crippen LogP) is 6.74. The maximum Gasteiger partial charge on any atom is 0.0964 e. The fourth-order valence-corrected chi connectivity index (χ4v) is 4.66. The zero-order chi connectivity index (χ0) is 19.3. The zero-order valence-electron chi connectivity index (χ0n) is 17.1. The van der Waals surface area contributed by atoms with E-state index in [4.69, 9.17) is 10.2 Å². The van der Waals surface area contributed by atoms with Crippen LogP contribution in [0.2, 0.25) is 0 Å². The largest absolute Gasteiger partial charge is 0.150 e. The molecule has 0 saturated heterocycles. The van der Waals surface area contributed by atoms with Crippen molar-refractivity contribution in [2.45, 2.75) is 52.4 Å². The van der Waals surface area contributed by atoms with Crippen molar-refractivity contribution in [2.24, 2.45) is 11.8 Å². The molecule has 3 aromatic rings. The van der Waals surface area contributed by atoms with Crippen LogP contribution in [-0.2, 0) is 12.8 Å². The SMILES string of the molecule is CC(C)CC1CCCc2c(-c3ccccc3)nnc(-c3ccccc3)c2CC1. The molecule has 1 aliphatic carbocycles. The average Bonchev–Trinajstić information content (AvgIpc) is 2.71. The summed E-state index contributed by atoms with van der Waals surface area (Å²) in [6.45, 7) is 4.70. The molecule has 4 rings (SSSR count). The molecule has 1 heterocycles. The van der Waals surface area contributed by atoms with Gasteiger partial charge >= 0.3 is 0 Å². The van der Waals surface area contributed by atoms with Gasteiger partial charge in [0.25, 0.3) is 0 Å². The Labute approximate surface area is 169 Å². The molecule has 2 aromatic carbocycles. The Bertz CT molecular complexity index is 900. The Morgan fingerprint density at radius 2 is 1.29 bits per heavy atom. The van der Waals surface area contributed by atoms with E-state index < -0.39 is 0 Å². The van der Waals surface area contributed by atoms with Gasteiger partial charge in [-0.05, 0) is 55.1 Å². The highest BCUT2D eigenvalue weighted by molar-refractivity contribution is 5.71. The number of fused-ring (bicyclic) bond motifs is 1. The van der Waals surface area contributed by atoms with Gasteiger partial charge < -0.3 is 0 Å². The first-order valence-electron chi connectivity index (χ1n) is 10.7. The Balaban J connectivity index is 1.79. The van der Waals surface area contributed by atoms with Gasteiger partial charge in [-0.2, -0.15) is 0 Å². The van der Waals surface area contributed by atoms with Gasteiger partial charge in [-0.15, -0.1) is 10.2 Å². The molecule has 1 unspecified atom stereocenters. The molecule has 1 aromatic heterocycles. The van der Waals surface area contributed by atoms with Crippen molar-refractivity contribution < 1.29 is 0 Å². The lowest BCUT2D eigenvalue weighted by molar-refractivity contribution is 0.351. The number of hydrogen-bond acceptors (Lipinski definition) is 2. The Morgan fingerprint density at radius 1 is 0.750 bits per heavy atom. The molecule has 1 atom stereocenters. The highest BCUT2D eigenvalue weighted by Crippen LogP contribution is 2.36. The van der Waals surface area contributed by atoms with Crippen molar-refractivity contribution in [2.75, 3.05) is 0 Å². The number of rotatable bonds is 4. The lowest BCUT2D eigenvalue weighted by atomic mass is 9.81. The lowest BCUT2D eigenvalue weighted by Crippen LogP contribution is -2.14. The van der Waals surface area contributed by atoms with E-state index >= 15 is 0 Å². The Morgan fingerprint density at radius 3 is 1.82 bits per heavy atom. The van der Waals surface area contributed by atoms with Gasteiger partial charge in [0.2, 0.25) is 0 Å². The second-order valence-electron chi connectivity index (χ2n) is 8.51. The molecule has 0 bridgehead atoms. The van der Waals surface area contributed by atoms with Gasteiger partial charge in [0.1, 0.15) is 0 Å². The van der Waals surface area contributed by atoms with Gasteiger partial charge in [-0.1, -0.05) is 80.9 Å². The number of nitrogens with zero attached hydrogens (tertiary/aromatic N) is 2. The van der Waals surface area contributed by atoms with Crippen LogP contribution in [0.5, 0.6) is 0 Å². The van der Waals surface area contributed by atoms with Gasteiger partial charge in [0.05, 0.1) is 11.4 Å². The van der Waals surface area contributed by atoms with Gasteiger partial charge in [-0.3, -0.25) is 0 Å². The summed E-state index contributed by atoms with van der Waals surface area (Å²) >= 11 is 0. The van der Waals surface area contributed by atoms with E-state index in [-0.39, 0.29) is 0 Å². The van der Waals surface area contributed by atoms with Crippen LogP contribution in [-0.4, -0.2) is 10.2 Å². The van der Waals surface area contributed by atoms with Crippen LogP contribution < -0.4 is 0 Å². The van der Waals surface area contributed by atoms with Crippen LogP contribution in [0.15, 0.2) is 60.7 Å². The average molecular weight is 371 g/mol. The summed E-state index contributed by atoms with van der Waals surface area (Å²) in [5.74, 6) is 1.60. The molecule has 28 heavy (non-hydrogen) atoms. The molecular formula is C26H30N2. The van der Waals surface area contributed by atoms with E-state index in [1.54, 1.807) is 0 Å². The standard InChI is InChI=1S/C26H30N2/c1-19(2)18-20-10-9-15-23-24(17-16-20)26(22-13-7-4-8-14-22)28-27-25(23)21-11-5-3-6-12-21/h3-8,11-14,19-20H,9-10,15-18H2,1-2H3. The first kappa shape index (κ1) is 18.9. The van der Waals surface area contributed by atoms with Gasteiger partial charge in [0.15, 0.2) is 0 Å². The molecule has 2 nitrogen and oxygen atoms in total. The number of benzene rings is 2. The van der Waals surface area contributed by atoms with Crippen molar-refractivity contribution in [1.82, 2.24) is 10.2 Å². The van der Waals surface area contributed by atoms with E-state index in [1.165, 1.54) is 47.9 Å². The van der Waals surface area contributed by atoms with Crippen LogP contribution >= 0.6 is 0 Å². The predicted molar refractivity (Wildman–Crippen MR) is 117 cm³/mol. The highest BCUT2D eigenvalue weighted by atomic mass is 15.1. The smallest absolute Gasteiger partial charge is 0.0964 e. The zero-order valence-corrected chi connectivity index (χ0v) is 17.1. The number of hydrogen-bond donors (Lipinski definition) is 0. The Kier molecular flexibility index (Phi) is 5.85. The van der Waals surface area contributed by atoms with E-state index in [9.17, 15) is 0 Å². The van der Waals surface area contributed by atoms with Crippen molar-refractivity contribution in [3.63, 3.8) is 0 Å². The van der Waals surface area contributed by atoms with E-state index in [2.05, 4.69) is 74.5 Å². The van der Waals surface area contributed by atoms with Crippen molar-refractivity contribution in [3.05, 3.63) is 71.8 Å². The summed E-state index contributed by atoms with van der Waals surface area (Å²) in [7, 11) is 0. The first-order valence-corrected chi connectivity index (χ1v) is 10.7. The molecule has 0 radical (unpaired) electrons. The minimum absolute atomic E-state index is 0.771. The third-order valence-electron chi connectivity index (χ3n) is 5.93. The topological polar surface area (TPSA) is 25.8 Å². The minimum Gasteiger partial charge on any atom is -0.150 e. The molecule has 1 aliphatic rings. The van der Waals surface area contributed by atoms with E-state index in [0.29, 0.717) is 0 Å². The van der Waals surface area contributed by atoms with Crippen LogP contribution in [0.25, 0.3) is 22.5 Å². The summed E-state index contributed by atoms with van der Waals surface area (Å²) in [6.07, 6.45) is 7.36. The third-order valence-corrected chi connectivity index (χ3v) is 5.93. The molecule has 0 N–H and O–H groups in total. The van der Waals surface area contributed by atoms with E-state index in [0.717, 1.165) is 36.1 Å². The summed E-state index contributed by atoms with van der Waals surface area (Å²) in [6, 6.07) is 21.2. The normalized spacial score (nSPS) is 17.0. The summed E-state index contributed by atoms with van der Waals surface area (Å²) in [5, 5.41) is 9.48. The van der Waals surface area contributed by atoms with E-state index in [1.807, 2.05) is 0 Å². The van der Waals surface area contributed by atoms with Gasteiger partial charge in [-0.25, -0.2) is 0 Å². The maximum atomic E-state index is 4.75. The molecule has 0 aliphatic heterocycles. The van der Waals surface area contributed by atoms with Crippen LogP contribution in [0.3, 0.4) is 0 Å². The summed E-state index contributed by atoms with van der Waals surface area (Å²) in [4.78, 5) is 0. The second-order valence-corrected chi connectivity index (χ2v) is 8.51. The third kappa shape index (κ3) is 4.16. The minimum atomic E-state index is 0.771. The first-order chi connectivity index (χ1) is 13.7. The Hall–Kier alpha value is -2.48. The van der Waals surface area contributed by atoms with Crippen molar-refractivity contribution in [1.29, 1.82) is 0 Å². The number of aromatic nitrogens is 2. The highest BCUT2D eigenvalue weighted by Gasteiger charge is 2.23. The van der Waals surface area contributed by atoms with Gasteiger partial charge in [0, 0.05) is 11.1 Å².